The van der Waals surface area contributed by atoms with Crippen LogP contribution in [0, 0.1) is 0 Å². The van der Waals surface area contributed by atoms with Gasteiger partial charge < -0.3 is 9.57 Å². The highest BCUT2D eigenvalue weighted by Crippen LogP contribution is 1.82. The molecule has 0 saturated heterocycles. The van der Waals surface area contributed by atoms with Gasteiger partial charge in [-0.3, -0.25) is 0 Å². The predicted molar refractivity (Wildman–Crippen MR) is 21.4 cm³/mol. The van der Waals surface area contributed by atoms with Gasteiger partial charge in [0.1, 0.15) is 0 Å². The van der Waals surface area contributed by atoms with E-state index in [4.69, 9.17) is 0 Å². The van der Waals surface area contributed by atoms with E-state index in [1.165, 1.54) is 7.11 Å². The minimum Gasteiger partial charge on any atom is -0.468 e. The predicted octanol–water partition coefficient (Wildman–Crippen LogP) is -0.00570. The molecule has 0 heterocycles. The summed E-state index contributed by atoms with van der Waals surface area (Å²) >= 11 is 0. The van der Waals surface area contributed by atoms with E-state index in [1.807, 2.05) is 0 Å². The fourth-order valence-electron chi connectivity index (χ4n) is 0.0481. The zero-order valence-electron chi connectivity index (χ0n) is 3.60. The lowest BCUT2D eigenvalue weighted by molar-refractivity contribution is 0.0643. The number of hydrogen-bond acceptors (Lipinski definition) is 3. The van der Waals surface area contributed by atoms with Crippen LogP contribution in [0.5, 0.6) is 0 Å². The Labute approximate surface area is 36.3 Å². The van der Waals surface area contributed by atoms with E-state index in [-0.39, 0.29) is 5.95 Å². The van der Waals surface area contributed by atoms with Gasteiger partial charge in [-0.1, -0.05) is 0 Å². The Morgan fingerprint density at radius 2 is 2.33 bits per heavy atom. The SMILES string of the molecule is C=C(OC)ON. The lowest BCUT2D eigenvalue weighted by Crippen LogP contribution is -1.98. The second-order valence-corrected chi connectivity index (χ2v) is 0.694. The van der Waals surface area contributed by atoms with Crippen molar-refractivity contribution in [2.45, 2.75) is 0 Å². The minimum atomic E-state index is 0.120. The summed E-state index contributed by atoms with van der Waals surface area (Å²) in [6.45, 7) is 3.22. The van der Waals surface area contributed by atoms with Gasteiger partial charge >= 0.3 is 0 Å². The second kappa shape index (κ2) is 2.53. The third kappa shape index (κ3) is 1.60. The van der Waals surface area contributed by atoms with Gasteiger partial charge in [0.15, 0.2) is 0 Å². The third-order valence-electron chi connectivity index (χ3n) is 0.359. The lowest BCUT2D eigenvalue weighted by atomic mass is 11.0. The van der Waals surface area contributed by atoms with Crippen LogP contribution in [-0.4, -0.2) is 7.11 Å². The Hall–Kier alpha value is -0.700. The average molecular weight is 89.1 g/mol. The quantitative estimate of drug-likeness (QED) is 0.382. The van der Waals surface area contributed by atoms with E-state index in [2.05, 4.69) is 22.1 Å². The van der Waals surface area contributed by atoms with Crippen molar-refractivity contribution in [3.8, 4) is 0 Å². The summed E-state index contributed by atoms with van der Waals surface area (Å²) in [7, 11) is 1.43. The maximum atomic E-state index is 4.56. The van der Waals surface area contributed by atoms with Gasteiger partial charge in [0.05, 0.1) is 7.11 Å². The van der Waals surface area contributed by atoms with Crippen molar-refractivity contribution < 1.29 is 9.57 Å². The highest BCUT2D eigenvalue weighted by molar-refractivity contribution is 4.62. The molecule has 0 amide bonds. The number of ether oxygens (including phenoxy) is 1. The molecule has 0 radical (unpaired) electrons. The first-order chi connectivity index (χ1) is 2.81. The molecule has 2 N–H and O–H groups in total. The van der Waals surface area contributed by atoms with Gasteiger partial charge in [-0.05, 0) is 6.58 Å². The molecule has 3 heteroatoms. The molecule has 0 aromatic carbocycles. The molecule has 0 unspecified atom stereocenters. The largest absolute Gasteiger partial charge is 0.468 e. The smallest absolute Gasteiger partial charge is 0.291 e. The normalized spacial score (nSPS) is 7.00. The fourth-order valence-corrected chi connectivity index (χ4v) is 0.0481. The Bertz CT molecular complexity index is 46.8. The summed E-state index contributed by atoms with van der Waals surface area (Å²) in [5, 5.41) is 0. The molecule has 0 atom stereocenters. The summed E-state index contributed by atoms with van der Waals surface area (Å²) in [6.07, 6.45) is 0. The van der Waals surface area contributed by atoms with Gasteiger partial charge in [0.25, 0.3) is 5.95 Å². The van der Waals surface area contributed by atoms with Crippen molar-refractivity contribution in [1.29, 1.82) is 0 Å². The number of hydrogen-bond donors (Lipinski definition) is 1. The van der Waals surface area contributed by atoms with Crippen LogP contribution in [0.2, 0.25) is 0 Å². The van der Waals surface area contributed by atoms with Gasteiger partial charge in [0.2, 0.25) is 0 Å². The van der Waals surface area contributed by atoms with Crippen LogP contribution in [0.25, 0.3) is 0 Å². The molecule has 36 valence electrons. The number of nitrogens with two attached hydrogens (primary N) is 1. The van der Waals surface area contributed by atoms with Crippen LogP contribution < -0.4 is 5.90 Å². The first-order valence-corrected chi connectivity index (χ1v) is 1.41. The Morgan fingerprint density at radius 3 is 2.33 bits per heavy atom. The third-order valence-corrected chi connectivity index (χ3v) is 0.359. The zero-order chi connectivity index (χ0) is 4.99. The first kappa shape index (κ1) is 5.30. The van der Waals surface area contributed by atoms with Gasteiger partial charge in [-0.15, -0.1) is 0 Å². The molecule has 0 rings (SSSR count). The van der Waals surface area contributed by atoms with E-state index in [1.54, 1.807) is 0 Å². The van der Waals surface area contributed by atoms with Crippen molar-refractivity contribution in [2.75, 3.05) is 7.11 Å². The molecule has 0 aromatic heterocycles. The lowest BCUT2D eigenvalue weighted by Gasteiger charge is -1.95. The van der Waals surface area contributed by atoms with Crippen LogP contribution >= 0.6 is 0 Å². The zero-order valence-corrected chi connectivity index (χ0v) is 3.60. The number of methoxy groups -OCH3 is 1. The molecule has 0 bridgehead atoms. The molecule has 0 aromatic rings. The van der Waals surface area contributed by atoms with Crippen LogP contribution in [0.15, 0.2) is 12.5 Å². The molecule has 0 aliphatic heterocycles. The summed E-state index contributed by atoms with van der Waals surface area (Å²) in [5.41, 5.74) is 0. The summed E-state index contributed by atoms with van der Waals surface area (Å²) in [6, 6.07) is 0. The Morgan fingerprint density at radius 1 is 1.83 bits per heavy atom. The second-order valence-electron chi connectivity index (χ2n) is 0.694. The van der Waals surface area contributed by atoms with E-state index >= 15 is 0 Å². The summed E-state index contributed by atoms with van der Waals surface area (Å²) < 4.78 is 4.36. The molecule has 0 aliphatic carbocycles. The summed E-state index contributed by atoms with van der Waals surface area (Å²) in [5.74, 6) is 4.68. The standard InChI is InChI=1S/C3H7NO2/c1-3(5-2)6-4/h1,4H2,2H3. The molecule has 0 fully saturated rings. The molecular weight excluding hydrogens is 82.0 g/mol. The Kier molecular flexibility index (Phi) is 2.24. The van der Waals surface area contributed by atoms with Crippen LogP contribution in [-0.2, 0) is 9.57 Å². The molecule has 3 nitrogen and oxygen atoms in total. The molecular formula is C3H7NO2. The molecule has 0 saturated carbocycles. The van der Waals surface area contributed by atoms with Gasteiger partial charge in [0, 0.05) is 0 Å². The van der Waals surface area contributed by atoms with Gasteiger partial charge in [-0.2, -0.15) is 5.90 Å². The van der Waals surface area contributed by atoms with Crippen molar-refractivity contribution in [3.63, 3.8) is 0 Å². The van der Waals surface area contributed by atoms with Crippen molar-refractivity contribution >= 4 is 0 Å². The highest BCUT2D eigenvalue weighted by atomic mass is 16.7. The fraction of sp³-hybridized carbons (Fsp3) is 0.333. The monoisotopic (exact) mass is 89.0 g/mol. The Balaban J connectivity index is 2.99. The first-order valence-electron chi connectivity index (χ1n) is 1.41. The molecule has 0 aliphatic rings. The average Bonchev–Trinajstić information content (AvgIpc) is 1.65. The van der Waals surface area contributed by atoms with Crippen LogP contribution in [0.1, 0.15) is 0 Å². The summed E-state index contributed by atoms with van der Waals surface area (Å²) in [4.78, 5) is 3.98. The minimum absolute atomic E-state index is 0.120. The van der Waals surface area contributed by atoms with E-state index < -0.39 is 0 Å². The number of rotatable bonds is 2. The topological polar surface area (TPSA) is 44.5 Å². The van der Waals surface area contributed by atoms with Gasteiger partial charge in [-0.25, -0.2) is 0 Å². The molecule has 0 spiro atoms. The van der Waals surface area contributed by atoms with Crippen molar-refractivity contribution in [3.05, 3.63) is 12.5 Å². The highest BCUT2D eigenvalue weighted by Gasteiger charge is 1.78. The van der Waals surface area contributed by atoms with Crippen LogP contribution in [0.4, 0.5) is 0 Å². The van der Waals surface area contributed by atoms with E-state index in [0.29, 0.717) is 0 Å². The maximum absolute atomic E-state index is 4.56. The van der Waals surface area contributed by atoms with Crippen LogP contribution in [0.3, 0.4) is 0 Å². The van der Waals surface area contributed by atoms with E-state index in [9.17, 15) is 0 Å². The van der Waals surface area contributed by atoms with Crippen molar-refractivity contribution in [1.82, 2.24) is 0 Å². The van der Waals surface area contributed by atoms with E-state index in [0.717, 1.165) is 0 Å². The van der Waals surface area contributed by atoms with Crippen molar-refractivity contribution in [2.24, 2.45) is 5.90 Å². The maximum Gasteiger partial charge on any atom is 0.291 e. The molecule has 6 heavy (non-hydrogen) atoms.